The second-order valence-electron chi connectivity index (χ2n) is 5.02. The second-order valence-corrected chi connectivity index (χ2v) is 5.02. The number of esters is 1. The third kappa shape index (κ3) is 4.71. The Bertz CT molecular complexity index is 545. The number of carbonyl (C=O) groups excluding carboxylic acids is 2. The largest absolute Gasteiger partial charge is 0.508 e. The smallest absolute Gasteiger partial charge is 0.311 e. The minimum absolute atomic E-state index is 0.00314. The normalized spacial score (nSPS) is 16.9. The highest BCUT2D eigenvalue weighted by atomic mass is 16.5. The molecule has 2 rings (SSSR count). The summed E-state index contributed by atoms with van der Waals surface area (Å²) in [6.45, 7) is 0.986. The summed E-state index contributed by atoms with van der Waals surface area (Å²) >= 11 is 0. The lowest BCUT2D eigenvalue weighted by Gasteiger charge is -2.24. The molecule has 7 heteroatoms. The molecule has 1 unspecified atom stereocenters. The third-order valence-electron chi connectivity index (χ3n) is 3.30. The van der Waals surface area contributed by atoms with Gasteiger partial charge in [-0.3, -0.25) is 9.59 Å². The first-order valence-electron chi connectivity index (χ1n) is 7.03. The van der Waals surface area contributed by atoms with E-state index in [4.69, 9.17) is 19.9 Å². The molecule has 1 aliphatic heterocycles. The van der Waals surface area contributed by atoms with Crippen LogP contribution in [0.25, 0.3) is 0 Å². The average molecular weight is 309 g/mol. The SMILES string of the molecule is NC(=O)COCCOCCC1CC(=O)Oc2cc(O)ccc21. The topological polar surface area (TPSA) is 108 Å². The molecule has 7 nitrogen and oxygen atoms in total. The van der Waals surface area contributed by atoms with Gasteiger partial charge in [0, 0.05) is 18.6 Å². The first kappa shape index (κ1) is 16.3. The van der Waals surface area contributed by atoms with Crippen LogP contribution in [-0.4, -0.2) is 43.4 Å². The lowest BCUT2D eigenvalue weighted by atomic mass is 9.90. The van der Waals surface area contributed by atoms with Gasteiger partial charge in [-0.1, -0.05) is 6.07 Å². The average Bonchev–Trinajstić information content (AvgIpc) is 2.45. The first-order valence-corrected chi connectivity index (χ1v) is 7.03. The van der Waals surface area contributed by atoms with Gasteiger partial charge in [0.2, 0.25) is 5.91 Å². The molecule has 1 heterocycles. The van der Waals surface area contributed by atoms with E-state index in [9.17, 15) is 14.7 Å². The number of rotatable bonds is 8. The van der Waals surface area contributed by atoms with Crippen LogP contribution < -0.4 is 10.5 Å². The van der Waals surface area contributed by atoms with Crippen molar-refractivity contribution < 1.29 is 28.9 Å². The number of hydrogen-bond donors (Lipinski definition) is 2. The van der Waals surface area contributed by atoms with Crippen molar-refractivity contribution in [1.29, 1.82) is 0 Å². The molecule has 120 valence electrons. The van der Waals surface area contributed by atoms with E-state index >= 15 is 0 Å². The van der Waals surface area contributed by atoms with Crippen molar-refractivity contribution in [3.63, 3.8) is 0 Å². The van der Waals surface area contributed by atoms with Crippen molar-refractivity contribution in [2.75, 3.05) is 26.4 Å². The summed E-state index contributed by atoms with van der Waals surface area (Å²) < 4.78 is 15.5. The van der Waals surface area contributed by atoms with Crippen molar-refractivity contribution in [2.24, 2.45) is 5.73 Å². The van der Waals surface area contributed by atoms with Crippen molar-refractivity contribution in [1.82, 2.24) is 0 Å². The summed E-state index contributed by atoms with van der Waals surface area (Å²) in [5, 5.41) is 9.43. The molecule has 1 amide bonds. The molecule has 1 aliphatic rings. The molecule has 0 saturated heterocycles. The molecule has 0 spiro atoms. The van der Waals surface area contributed by atoms with Crippen LogP contribution in [0.3, 0.4) is 0 Å². The number of phenolic OH excluding ortho intramolecular Hbond substituents is 1. The molecule has 0 radical (unpaired) electrons. The summed E-state index contributed by atoms with van der Waals surface area (Å²) in [6, 6.07) is 4.78. The highest BCUT2D eigenvalue weighted by molar-refractivity contribution is 5.76. The maximum atomic E-state index is 11.6. The fourth-order valence-corrected chi connectivity index (χ4v) is 2.30. The molecule has 1 atom stereocenters. The van der Waals surface area contributed by atoms with E-state index in [1.54, 1.807) is 12.1 Å². The highest BCUT2D eigenvalue weighted by Gasteiger charge is 2.27. The van der Waals surface area contributed by atoms with Crippen molar-refractivity contribution in [3.8, 4) is 11.5 Å². The summed E-state index contributed by atoms with van der Waals surface area (Å²) in [5.74, 6) is -0.349. The van der Waals surface area contributed by atoms with E-state index in [0.29, 0.717) is 38.4 Å². The van der Waals surface area contributed by atoms with E-state index < -0.39 is 5.91 Å². The van der Waals surface area contributed by atoms with Gasteiger partial charge in [-0.25, -0.2) is 0 Å². The first-order chi connectivity index (χ1) is 10.6. The third-order valence-corrected chi connectivity index (χ3v) is 3.30. The number of phenols is 1. The molecule has 1 aromatic rings. The number of aromatic hydroxyl groups is 1. The van der Waals surface area contributed by atoms with Crippen LogP contribution in [0.4, 0.5) is 0 Å². The van der Waals surface area contributed by atoms with Crippen molar-refractivity contribution in [2.45, 2.75) is 18.8 Å². The minimum Gasteiger partial charge on any atom is -0.508 e. The van der Waals surface area contributed by atoms with E-state index in [2.05, 4.69) is 0 Å². The van der Waals surface area contributed by atoms with Crippen LogP contribution in [0.1, 0.15) is 24.3 Å². The number of primary amides is 1. The van der Waals surface area contributed by atoms with Crippen molar-refractivity contribution in [3.05, 3.63) is 23.8 Å². The number of carbonyl (C=O) groups is 2. The Balaban J connectivity index is 1.76. The Labute approximate surface area is 128 Å². The molecule has 0 bridgehead atoms. The Kier molecular flexibility index (Phi) is 5.74. The van der Waals surface area contributed by atoms with Crippen LogP contribution in [0.15, 0.2) is 18.2 Å². The number of ether oxygens (including phenoxy) is 3. The van der Waals surface area contributed by atoms with Crippen LogP contribution in [0.2, 0.25) is 0 Å². The summed E-state index contributed by atoms with van der Waals surface area (Å²) in [4.78, 5) is 22.0. The lowest BCUT2D eigenvalue weighted by Crippen LogP contribution is -2.22. The Hall–Kier alpha value is -2.12. The zero-order valence-electron chi connectivity index (χ0n) is 12.1. The molecule has 3 N–H and O–H groups in total. The summed E-state index contributed by atoms with van der Waals surface area (Å²) in [7, 11) is 0. The summed E-state index contributed by atoms with van der Waals surface area (Å²) in [5.41, 5.74) is 5.83. The standard InChI is InChI=1S/C15H19NO6/c16-14(18)9-21-6-5-20-4-3-10-7-15(19)22-13-8-11(17)1-2-12(10)13/h1-2,8,10,17H,3-7,9H2,(H2,16,18). The zero-order valence-corrected chi connectivity index (χ0v) is 12.1. The number of nitrogens with two attached hydrogens (primary N) is 1. The maximum absolute atomic E-state index is 11.6. The molecular formula is C15H19NO6. The van der Waals surface area contributed by atoms with E-state index in [1.807, 2.05) is 0 Å². The second kappa shape index (κ2) is 7.77. The molecule has 1 aromatic carbocycles. The number of fused-ring (bicyclic) bond motifs is 1. The monoisotopic (exact) mass is 309 g/mol. The number of amides is 1. The van der Waals surface area contributed by atoms with Gasteiger partial charge in [0.25, 0.3) is 0 Å². The molecule has 0 saturated carbocycles. The highest BCUT2D eigenvalue weighted by Crippen LogP contribution is 2.38. The van der Waals surface area contributed by atoms with Gasteiger partial charge in [0.05, 0.1) is 19.6 Å². The minimum atomic E-state index is -0.513. The van der Waals surface area contributed by atoms with E-state index in [0.717, 1.165) is 5.56 Å². The van der Waals surface area contributed by atoms with Crippen LogP contribution in [0, 0.1) is 0 Å². The van der Waals surface area contributed by atoms with E-state index in [-0.39, 0.29) is 24.2 Å². The lowest BCUT2D eigenvalue weighted by molar-refractivity contribution is -0.136. The molecule has 0 aromatic heterocycles. The molecule has 0 aliphatic carbocycles. The zero-order chi connectivity index (χ0) is 15.9. The van der Waals surface area contributed by atoms with Gasteiger partial charge >= 0.3 is 5.97 Å². The van der Waals surface area contributed by atoms with Crippen LogP contribution in [0.5, 0.6) is 11.5 Å². The number of hydrogen-bond acceptors (Lipinski definition) is 6. The predicted molar refractivity (Wildman–Crippen MR) is 76.5 cm³/mol. The van der Waals surface area contributed by atoms with Gasteiger partial charge in [-0.05, 0) is 18.1 Å². The molecular weight excluding hydrogens is 290 g/mol. The predicted octanol–water partition coefficient (Wildman–Crippen LogP) is 0.693. The quantitative estimate of drug-likeness (QED) is 0.415. The molecule has 0 fully saturated rings. The fraction of sp³-hybridized carbons (Fsp3) is 0.467. The summed E-state index contributed by atoms with van der Waals surface area (Å²) in [6.07, 6.45) is 0.946. The molecule has 22 heavy (non-hydrogen) atoms. The number of benzene rings is 1. The van der Waals surface area contributed by atoms with E-state index in [1.165, 1.54) is 6.07 Å². The fourth-order valence-electron chi connectivity index (χ4n) is 2.30. The Morgan fingerprint density at radius 1 is 1.32 bits per heavy atom. The van der Waals surface area contributed by atoms with Crippen LogP contribution in [-0.2, 0) is 19.1 Å². The van der Waals surface area contributed by atoms with Gasteiger partial charge in [0.1, 0.15) is 18.1 Å². The van der Waals surface area contributed by atoms with Gasteiger partial charge in [-0.2, -0.15) is 0 Å². The Morgan fingerprint density at radius 2 is 2.09 bits per heavy atom. The van der Waals surface area contributed by atoms with Gasteiger partial charge in [0.15, 0.2) is 0 Å². The van der Waals surface area contributed by atoms with Crippen molar-refractivity contribution >= 4 is 11.9 Å². The van der Waals surface area contributed by atoms with Crippen LogP contribution >= 0.6 is 0 Å². The Morgan fingerprint density at radius 3 is 2.86 bits per heavy atom. The van der Waals surface area contributed by atoms with Gasteiger partial charge in [-0.15, -0.1) is 0 Å². The van der Waals surface area contributed by atoms with Gasteiger partial charge < -0.3 is 25.1 Å². The maximum Gasteiger partial charge on any atom is 0.311 e.